The summed E-state index contributed by atoms with van der Waals surface area (Å²) in [5.74, 6) is 0.0936. The molecule has 4 rings (SSSR count). The first-order valence-electron chi connectivity index (χ1n) is 7.29. The number of carbonyl (C=O) groups is 1. The molecule has 118 valence electrons. The summed E-state index contributed by atoms with van der Waals surface area (Å²) >= 11 is 0. The number of hydrogen-bond acceptors (Lipinski definition) is 5. The molecule has 0 N–H and O–H groups in total. The van der Waals surface area contributed by atoms with Gasteiger partial charge in [-0.05, 0) is 36.4 Å². The Morgan fingerprint density at radius 1 is 1.12 bits per heavy atom. The molecule has 0 saturated heterocycles. The second-order valence-electron chi connectivity index (χ2n) is 5.12. The van der Waals surface area contributed by atoms with Gasteiger partial charge in [-0.1, -0.05) is 6.07 Å². The van der Waals surface area contributed by atoms with E-state index in [2.05, 4.69) is 15.1 Å². The van der Waals surface area contributed by atoms with Crippen molar-refractivity contribution in [1.29, 1.82) is 0 Å². The summed E-state index contributed by atoms with van der Waals surface area (Å²) in [7, 11) is 1.34. The zero-order chi connectivity index (χ0) is 16.5. The summed E-state index contributed by atoms with van der Waals surface area (Å²) < 4.78 is 8.18. The molecule has 7 heteroatoms. The summed E-state index contributed by atoms with van der Waals surface area (Å²) in [6.45, 7) is 0. The molecular formula is C17H13N5O2. The van der Waals surface area contributed by atoms with Crippen molar-refractivity contribution in [3.8, 4) is 17.1 Å². The van der Waals surface area contributed by atoms with Crippen LogP contribution >= 0.6 is 0 Å². The topological polar surface area (TPSA) is 74.3 Å². The van der Waals surface area contributed by atoms with Gasteiger partial charge in [-0.3, -0.25) is 0 Å². The molecule has 0 aliphatic carbocycles. The minimum atomic E-state index is -0.451. The molecule has 0 bridgehead atoms. The van der Waals surface area contributed by atoms with Gasteiger partial charge in [-0.2, -0.15) is 0 Å². The van der Waals surface area contributed by atoms with Crippen molar-refractivity contribution in [3.05, 3.63) is 66.9 Å². The fourth-order valence-electron chi connectivity index (χ4n) is 2.48. The van der Waals surface area contributed by atoms with Gasteiger partial charge in [0.1, 0.15) is 0 Å². The zero-order valence-electron chi connectivity index (χ0n) is 12.8. The molecule has 1 aromatic carbocycles. The van der Waals surface area contributed by atoms with Crippen LogP contribution in [0.1, 0.15) is 10.5 Å². The van der Waals surface area contributed by atoms with Crippen LogP contribution in [0.15, 0.2) is 61.2 Å². The molecule has 0 amide bonds. The Hall–Kier alpha value is -3.48. The molecule has 0 unspecified atom stereocenters. The Balaban J connectivity index is 1.75. The second kappa shape index (κ2) is 5.62. The smallest absolute Gasteiger partial charge is 0.356 e. The molecule has 0 atom stereocenters. The number of carbonyl (C=O) groups excluding carboxylic acids is 1. The number of pyridine rings is 1. The quantitative estimate of drug-likeness (QED) is 0.542. The lowest BCUT2D eigenvalue weighted by Crippen LogP contribution is -2.08. The number of hydrogen-bond donors (Lipinski definition) is 0. The van der Waals surface area contributed by atoms with E-state index in [1.807, 2.05) is 35.0 Å². The van der Waals surface area contributed by atoms with Crippen LogP contribution < -0.4 is 0 Å². The number of benzene rings is 1. The average Bonchev–Trinajstić information content (AvgIpc) is 3.30. The van der Waals surface area contributed by atoms with Crippen molar-refractivity contribution >= 4 is 11.6 Å². The Morgan fingerprint density at radius 3 is 2.67 bits per heavy atom. The molecule has 0 saturated carbocycles. The van der Waals surface area contributed by atoms with Crippen molar-refractivity contribution in [2.75, 3.05) is 7.11 Å². The molecule has 24 heavy (non-hydrogen) atoms. The van der Waals surface area contributed by atoms with Gasteiger partial charge in [0, 0.05) is 23.6 Å². The normalized spacial score (nSPS) is 10.9. The van der Waals surface area contributed by atoms with Gasteiger partial charge >= 0.3 is 5.97 Å². The molecule has 0 aliphatic rings. The molecule has 3 aromatic heterocycles. The lowest BCUT2D eigenvalue weighted by Gasteiger charge is -2.02. The van der Waals surface area contributed by atoms with Crippen molar-refractivity contribution in [2.45, 2.75) is 0 Å². The minimum Gasteiger partial charge on any atom is -0.464 e. The first kappa shape index (κ1) is 14.1. The molecule has 3 heterocycles. The van der Waals surface area contributed by atoms with Crippen LogP contribution in [0.4, 0.5) is 0 Å². The van der Waals surface area contributed by atoms with E-state index in [4.69, 9.17) is 4.74 Å². The summed E-state index contributed by atoms with van der Waals surface area (Å²) in [5.41, 5.74) is 2.78. The van der Waals surface area contributed by atoms with Gasteiger partial charge < -0.3 is 9.30 Å². The van der Waals surface area contributed by atoms with Crippen LogP contribution in [0.25, 0.3) is 22.7 Å². The zero-order valence-corrected chi connectivity index (χ0v) is 12.8. The Kier molecular flexibility index (Phi) is 3.31. The SMILES string of the molecule is COC(=O)c1cccc2nc(-c3ccc(-n4ccnc4)cc3)nn12. The van der Waals surface area contributed by atoms with Gasteiger partial charge in [0.25, 0.3) is 0 Å². The maximum absolute atomic E-state index is 11.8. The minimum absolute atomic E-state index is 0.337. The summed E-state index contributed by atoms with van der Waals surface area (Å²) in [5, 5.41) is 4.43. The average molecular weight is 319 g/mol. The van der Waals surface area contributed by atoms with Crippen LogP contribution in [0.5, 0.6) is 0 Å². The molecule has 0 aliphatic heterocycles. The van der Waals surface area contributed by atoms with Crippen LogP contribution in [0.2, 0.25) is 0 Å². The van der Waals surface area contributed by atoms with E-state index >= 15 is 0 Å². The molecule has 0 spiro atoms. The van der Waals surface area contributed by atoms with Gasteiger partial charge in [0.05, 0.1) is 13.4 Å². The highest BCUT2D eigenvalue weighted by atomic mass is 16.5. The monoisotopic (exact) mass is 319 g/mol. The lowest BCUT2D eigenvalue weighted by molar-refractivity contribution is 0.0591. The summed E-state index contributed by atoms with van der Waals surface area (Å²) in [6.07, 6.45) is 5.34. The third kappa shape index (κ3) is 2.32. The van der Waals surface area contributed by atoms with Crippen LogP contribution in [0.3, 0.4) is 0 Å². The van der Waals surface area contributed by atoms with E-state index in [-0.39, 0.29) is 0 Å². The Morgan fingerprint density at radius 2 is 1.96 bits per heavy atom. The van der Waals surface area contributed by atoms with Crippen molar-refractivity contribution in [2.24, 2.45) is 0 Å². The molecule has 4 aromatic rings. The van der Waals surface area contributed by atoms with Crippen LogP contribution in [0, 0.1) is 0 Å². The van der Waals surface area contributed by atoms with E-state index in [1.165, 1.54) is 11.6 Å². The van der Waals surface area contributed by atoms with E-state index in [0.717, 1.165) is 11.3 Å². The number of aromatic nitrogens is 5. The number of methoxy groups -OCH3 is 1. The third-order valence-corrected chi connectivity index (χ3v) is 3.68. The number of esters is 1. The van der Waals surface area contributed by atoms with Crippen molar-refractivity contribution < 1.29 is 9.53 Å². The molecular weight excluding hydrogens is 306 g/mol. The van der Waals surface area contributed by atoms with E-state index in [9.17, 15) is 4.79 Å². The number of nitrogens with zero attached hydrogens (tertiary/aromatic N) is 5. The standard InChI is InChI=1S/C17H13N5O2/c1-24-17(23)14-3-2-4-15-19-16(20-22(14)15)12-5-7-13(8-6-12)21-10-9-18-11-21/h2-11H,1H3. The van der Waals surface area contributed by atoms with Gasteiger partial charge in [-0.15, -0.1) is 5.10 Å². The van der Waals surface area contributed by atoms with E-state index < -0.39 is 5.97 Å². The second-order valence-corrected chi connectivity index (χ2v) is 5.12. The lowest BCUT2D eigenvalue weighted by atomic mass is 10.2. The van der Waals surface area contributed by atoms with Crippen molar-refractivity contribution in [1.82, 2.24) is 24.1 Å². The van der Waals surface area contributed by atoms with Gasteiger partial charge in [0.2, 0.25) is 0 Å². The van der Waals surface area contributed by atoms with Gasteiger partial charge in [-0.25, -0.2) is 19.3 Å². The predicted molar refractivity (Wildman–Crippen MR) is 86.9 cm³/mol. The fraction of sp³-hybridized carbons (Fsp3) is 0.0588. The highest BCUT2D eigenvalue weighted by Crippen LogP contribution is 2.19. The van der Waals surface area contributed by atoms with E-state index in [1.54, 1.807) is 30.7 Å². The number of imidazole rings is 1. The molecule has 0 fully saturated rings. The number of rotatable bonds is 3. The number of ether oxygens (including phenoxy) is 1. The fourth-order valence-corrected chi connectivity index (χ4v) is 2.48. The highest BCUT2D eigenvalue weighted by molar-refractivity contribution is 5.88. The van der Waals surface area contributed by atoms with Crippen LogP contribution in [-0.2, 0) is 4.74 Å². The summed E-state index contributed by atoms with van der Waals surface area (Å²) in [4.78, 5) is 20.3. The third-order valence-electron chi connectivity index (χ3n) is 3.68. The Labute approximate surface area is 137 Å². The molecule has 0 radical (unpaired) electrons. The largest absolute Gasteiger partial charge is 0.464 e. The predicted octanol–water partition coefficient (Wildman–Crippen LogP) is 2.37. The summed E-state index contributed by atoms with van der Waals surface area (Å²) in [6, 6.07) is 13.0. The number of fused-ring (bicyclic) bond motifs is 1. The highest BCUT2D eigenvalue weighted by Gasteiger charge is 2.14. The van der Waals surface area contributed by atoms with Gasteiger partial charge in [0.15, 0.2) is 17.2 Å². The van der Waals surface area contributed by atoms with Crippen LogP contribution in [-0.4, -0.2) is 37.2 Å². The maximum atomic E-state index is 11.8. The first-order valence-corrected chi connectivity index (χ1v) is 7.29. The van der Waals surface area contributed by atoms with Crippen molar-refractivity contribution in [3.63, 3.8) is 0 Å². The first-order chi connectivity index (χ1) is 11.8. The van der Waals surface area contributed by atoms with E-state index in [0.29, 0.717) is 17.2 Å². The molecule has 7 nitrogen and oxygen atoms in total. The maximum Gasteiger partial charge on any atom is 0.356 e. The Bertz CT molecular complexity index is 1000.